The highest BCUT2D eigenvalue weighted by Crippen LogP contribution is 2.28. The summed E-state index contributed by atoms with van der Waals surface area (Å²) in [6, 6.07) is 7.49. The average Bonchev–Trinajstić information content (AvgIpc) is 3.11. The maximum atomic E-state index is 12.8. The van der Waals surface area contributed by atoms with Crippen molar-refractivity contribution in [3.8, 4) is 0 Å². The van der Waals surface area contributed by atoms with Gasteiger partial charge in [-0.25, -0.2) is 4.79 Å². The average molecular weight is 386 g/mol. The quantitative estimate of drug-likeness (QED) is 0.762. The summed E-state index contributed by atoms with van der Waals surface area (Å²) in [5.41, 5.74) is 2.75. The van der Waals surface area contributed by atoms with Gasteiger partial charge in [-0.2, -0.15) is 14.3 Å². The Hall–Kier alpha value is -2.41. The van der Waals surface area contributed by atoms with E-state index in [4.69, 9.17) is 0 Å². The van der Waals surface area contributed by atoms with Crippen LogP contribution in [0.3, 0.4) is 0 Å². The third kappa shape index (κ3) is 4.30. The highest BCUT2D eigenvalue weighted by Gasteiger charge is 2.49. The number of nitrogens with zero attached hydrogens (tertiary/aromatic N) is 2. The molecule has 0 bridgehead atoms. The minimum absolute atomic E-state index is 0.0939. The fourth-order valence-electron chi connectivity index (χ4n) is 3.05. The molecule has 3 rings (SSSR count). The van der Waals surface area contributed by atoms with Crippen molar-refractivity contribution in [2.75, 3.05) is 13.1 Å². The molecule has 0 aliphatic carbocycles. The Morgan fingerprint density at radius 2 is 1.96 bits per heavy atom. The zero-order valence-electron chi connectivity index (χ0n) is 15.8. The Morgan fingerprint density at radius 1 is 1.26 bits per heavy atom. The lowest BCUT2D eigenvalue weighted by atomic mass is 10.1. The predicted molar refractivity (Wildman–Crippen MR) is 106 cm³/mol. The number of aryl methyl sites for hydroxylation is 1. The second-order valence-corrected chi connectivity index (χ2v) is 8.23. The van der Waals surface area contributed by atoms with Crippen LogP contribution < -0.4 is 5.32 Å². The van der Waals surface area contributed by atoms with Crippen LogP contribution in [0.15, 0.2) is 35.7 Å². The van der Waals surface area contributed by atoms with E-state index < -0.39 is 11.3 Å². The Kier molecular flexibility index (Phi) is 5.79. The van der Waals surface area contributed by atoms with Gasteiger partial charge >= 0.3 is 11.9 Å². The maximum Gasteiger partial charge on any atom is 0.501 e. The van der Waals surface area contributed by atoms with Gasteiger partial charge in [0.05, 0.1) is 6.54 Å². The Labute approximate surface area is 163 Å². The standard InChI is InChI=1S/C20H23N3O3S/c1-13(2)11-23-19(25)18-16(8-9-27-18)22(20(23)26)12-17(24)21-10-15-6-4-14(3)5-7-15/h4-9,13,18H,10-12H2,1-3H3/p+1. The van der Waals surface area contributed by atoms with Gasteiger partial charge in [0.25, 0.3) is 5.91 Å². The van der Waals surface area contributed by atoms with E-state index in [0.29, 0.717) is 18.8 Å². The van der Waals surface area contributed by atoms with Crippen LogP contribution >= 0.6 is 11.8 Å². The van der Waals surface area contributed by atoms with Crippen molar-refractivity contribution in [3.63, 3.8) is 0 Å². The van der Waals surface area contributed by atoms with Gasteiger partial charge in [-0.1, -0.05) is 43.7 Å². The molecule has 142 valence electrons. The molecule has 1 N–H and O–H groups in total. The molecule has 0 spiro atoms. The van der Waals surface area contributed by atoms with Crippen LogP contribution in [0.5, 0.6) is 0 Å². The van der Waals surface area contributed by atoms with Gasteiger partial charge in [0.15, 0.2) is 11.8 Å². The number of imide groups is 1. The minimum Gasteiger partial charge on any atom is -0.349 e. The molecule has 0 saturated carbocycles. The molecule has 7 heteroatoms. The molecular formula is C20H24N3O3S+. The van der Waals surface area contributed by atoms with Crippen molar-refractivity contribution in [2.45, 2.75) is 32.6 Å². The lowest BCUT2D eigenvalue weighted by Gasteiger charge is -2.25. The van der Waals surface area contributed by atoms with Gasteiger partial charge in [-0.05, 0) is 29.9 Å². The number of hydrogen-bond donors (Lipinski definition) is 1. The molecule has 2 aliphatic heterocycles. The van der Waals surface area contributed by atoms with Crippen molar-refractivity contribution < 1.29 is 19.0 Å². The van der Waals surface area contributed by atoms with Gasteiger partial charge in [0, 0.05) is 6.54 Å². The summed E-state index contributed by atoms with van der Waals surface area (Å²) < 4.78 is 1.43. The third-order valence-electron chi connectivity index (χ3n) is 4.45. The first kappa shape index (κ1) is 19.4. The number of allylic oxidation sites excluding steroid dienone is 1. The number of benzene rings is 1. The minimum atomic E-state index is -0.439. The van der Waals surface area contributed by atoms with Crippen LogP contribution in [0.2, 0.25) is 0 Å². The van der Waals surface area contributed by atoms with Crippen LogP contribution in [-0.4, -0.2) is 51.4 Å². The van der Waals surface area contributed by atoms with Gasteiger partial charge in [0.2, 0.25) is 0 Å². The number of rotatable bonds is 6. The number of hydrogen-bond acceptors (Lipinski definition) is 4. The Balaban J connectivity index is 1.73. The van der Waals surface area contributed by atoms with E-state index in [2.05, 4.69) is 5.32 Å². The van der Waals surface area contributed by atoms with E-state index in [1.807, 2.05) is 45.0 Å². The molecule has 27 heavy (non-hydrogen) atoms. The Bertz CT molecular complexity index is 827. The molecule has 0 fully saturated rings. The summed E-state index contributed by atoms with van der Waals surface area (Å²) in [4.78, 5) is 39.2. The van der Waals surface area contributed by atoms with Gasteiger partial charge in [-0.15, -0.1) is 11.8 Å². The molecule has 1 atom stereocenters. The molecule has 1 aromatic carbocycles. The zero-order valence-corrected chi connectivity index (χ0v) is 16.6. The number of urea groups is 1. The number of amides is 4. The highest BCUT2D eigenvalue weighted by molar-refractivity contribution is 8.04. The molecule has 2 heterocycles. The topological polar surface area (TPSA) is 69.5 Å². The molecule has 0 aromatic heterocycles. The molecule has 1 aromatic rings. The summed E-state index contributed by atoms with van der Waals surface area (Å²) in [6.07, 6.45) is 1.76. The van der Waals surface area contributed by atoms with Crippen LogP contribution in [-0.2, 0) is 16.1 Å². The first-order chi connectivity index (χ1) is 12.9. The van der Waals surface area contributed by atoms with Crippen LogP contribution in [0.4, 0.5) is 4.79 Å². The van der Waals surface area contributed by atoms with E-state index in [1.54, 1.807) is 11.5 Å². The summed E-state index contributed by atoms with van der Waals surface area (Å²) >= 11 is 1.38. The second kappa shape index (κ2) is 8.08. The number of nitrogens with one attached hydrogen (secondary N) is 1. The lowest BCUT2D eigenvalue weighted by Crippen LogP contribution is -2.57. The number of thioether (sulfide) groups is 1. The molecule has 4 amide bonds. The predicted octanol–water partition coefficient (Wildman–Crippen LogP) is 2.31. The fourth-order valence-corrected chi connectivity index (χ4v) is 4.02. The van der Waals surface area contributed by atoms with Gasteiger partial charge in [0.1, 0.15) is 5.71 Å². The van der Waals surface area contributed by atoms with E-state index in [0.717, 1.165) is 11.1 Å². The van der Waals surface area contributed by atoms with E-state index in [-0.39, 0.29) is 24.3 Å². The zero-order chi connectivity index (χ0) is 19.6. The molecule has 0 radical (unpaired) electrons. The van der Waals surface area contributed by atoms with E-state index in [1.165, 1.54) is 21.2 Å². The molecule has 6 nitrogen and oxygen atoms in total. The van der Waals surface area contributed by atoms with Crippen LogP contribution in [0, 0.1) is 12.8 Å². The fraction of sp³-hybridized carbons (Fsp3) is 0.400. The summed E-state index contributed by atoms with van der Waals surface area (Å²) in [5.74, 6) is -0.287. The van der Waals surface area contributed by atoms with E-state index in [9.17, 15) is 14.4 Å². The molecule has 2 aliphatic rings. The summed E-state index contributed by atoms with van der Waals surface area (Å²) in [5, 5.41) is 4.22. The van der Waals surface area contributed by atoms with Crippen LogP contribution in [0.25, 0.3) is 0 Å². The van der Waals surface area contributed by atoms with Gasteiger partial charge in [-0.3, -0.25) is 4.79 Å². The van der Waals surface area contributed by atoms with Crippen LogP contribution in [0.1, 0.15) is 25.0 Å². The highest BCUT2D eigenvalue weighted by atomic mass is 32.2. The number of carbonyl (C=O) groups excluding carboxylic acids is 3. The van der Waals surface area contributed by atoms with Crippen molar-refractivity contribution in [3.05, 3.63) is 46.9 Å². The van der Waals surface area contributed by atoms with Crippen molar-refractivity contribution >= 4 is 35.3 Å². The van der Waals surface area contributed by atoms with Crippen molar-refractivity contribution in [2.24, 2.45) is 5.92 Å². The molecule has 0 saturated heterocycles. The lowest BCUT2D eigenvalue weighted by molar-refractivity contribution is -0.426. The normalized spacial score (nSPS) is 19.1. The Morgan fingerprint density at radius 3 is 2.63 bits per heavy atom. The SMILES string of the molecule is Cc1ccc(CNC(=O)C[N+]2=C3C=CSC3C(=O)N(CC(C)C)C2=O)cc1. The summed E-state index contributed by atoms with van der Waals surface area (Å²) in [7, 11) is 0. The monoisotopic (exact) mass is 386 g/mol. The number of fused-ring (bicyclic) bond motifs is 1. The number of carbonyl (C=O) groups is 3. The second-order valence-electron chi connectivity index (χ2n) is 7.22. The maximum absolute atomic E-state index is 12.8. The first-order valence-corrected chi connectivity index (χ1v) is 9.95. The van der Waals surface area contributed by atoms with Crippen molar-refractivity contribution in [1.82, 2.24) is 10.2 Å². The van der Waals surface area contributed by atoms with E-state index >= 15 is 0 Å². The largest absolute Gasteiger partial charge is 0.501 e. The summed E-state index contributed by atoms with van der Waals surface area (Å²) in [6.45, 7) is 6.58. The van der Waals surface area contributed by atoms with Crippen molar-refractivity contribution in [1.29, 1.82) is 0 Å². The molecular weight excluding hydrogens is 362 g/mol. The smallest absolute Gasteiger partial charge is 0.349 e. The molecule has 1 unspecified atom stereocenters. The first-order valence-electron chi connectivity index (χ1n) is 9.00. The third-order valence-corrected chi connectivity index (χ3v) is 5.45. The van der Waals surface area contributed by atoms with Gasteiger partial charge < -0.3 is 5.32 Å².